The van der Waals surface area contributed by atoms with E-state index in [1.54, 1.807) is 12.1 Å². The zero-order chi connectivity index (χ0) is 24.1. The highest BCUT2D eigenvalue weighted by molar-refractivity contribution is 5.30. The molecular weight excluding hydrogens is 442 g/mol. The van der Waals surface area contributed by atoms with E-state index in [0.717, 1.165) is 49.0 Å². The van der Waals surface area contributed by atoms with Crippen molar-refractivity contribution in [2.75, 3.05) is 0 Å². The molecule has 0 bridgehead atoms. The molecule has 1 unspecified atom stereocenters. The van der Waals surface area contributed by atoms with Gasteiger partial charge in [0.15, 0.2) is 0 Å². The molecule has 1 aromatic carbocycles. The Bertz CT molecular complexity index is 700. The van der Waals surface area contributed by atoms with Crippen molar-refractivity contribution in [3.63, 3.8) is 0 Å². The smallest absolute Gasteiger partial charge is 0.430 e. The molecule has 2 saturated carbocycles. The predicted octanol–water partition coefficient (Wildman–Crippen LogP) is 9.22. The van der Waals surface area contributed by atoms with Crippen LogP contribution in [0.1, 0.15) is 95.5 Å². The summed E-state index contributed by atoms with van der Waals surface area (Å²) in [6.07, 6.45) is 0.0626. The van der Waals surface area contributed by atoms with Crippen molar-refractivity contribution < 1.29 is 31.1 Å². The standard InChI is InChI=1S/C26H36F6O/c1-2-3-4-5-18-6-8-19(9-7-18)20-10-12-21(13-11-20)22-14-16-23(17-15-22)33-26(31,32)24(27)25(28,29)30/h14-21,24H,2-13H2,1H3. The van der Waals surface area contributed by atoms with E-state index >= 15 is 0 Å². The number of hydrogen-bond acceptors (Lipinski definition) is 1. The molecule has 1 nitrogen and oxygen atoms in total. The van der Waals surface area contributed by atoms with Gasteiger partial charge < -0.3 is 4.74 Å². The molecule has 0 aliphatic heterocycles. The van der Waals surface area contributed by atoms with Gasteiger partial charge in [0.1, 0.15) is 5.75 Å². The maximum absolute atomic E-state index is 13.5. The molecule has 0 N–H and O–H groups in total. The van der Waals surface area contributed by atoms with Crippen molar-refractivity contribution in [3.8, 4) is 5.75 Å². The van der Waals surface area contributed by atoms with Gasteiger partial charge in [-0.15, -0.1) is 0 Å². The van der Waals surface area contributed by atoms with Crippen LogP contribution in [-0.4, -0.2) is 18.5 Å². The zero-order valence-electron chi connectivity index (χ0n) is 19.4. The Hall–Kier alpha value is -1.40. The van der Waals surface area contributed by atoms with Crippen molar-refractivity contribution in [1.29, 1.82) is 0 Å². The lowest BCUT2D eigenvalue weighted by Crippen LogP contribution is -2.45. The summed E-state index contributed by atoms with van der Waals surface area (Å²) in [5.74, 6) is 2.31. The molecule has 2 aliphatic rings. The van der Waals surface area contributed by atoms with Crippen molar-refractivity contribution in [2.45, 2.75) is 108 Å². The highest BCUT2D eigenvalue weighted by atomic mass is 19.4. The Morgan fingerprint density at radius 3 is 1.88 bits per heavy atom. The first kappa shape index (κ1) is 26.2. The monoisotopic (exact) mass is 478 g/mol. The summed E-state index contributed by atoms with van der Waals surface area (Å²) in [5, 5.41) is 0. The molecule has 0 heterocycles. The van der Waals surface area contributed by atoms with Crippen LogP contribution in [0.3, 0.4) is 0 Å². The lowest BCUT2D eigenvalue weighted by molar-refractivity contribution is -0.304. The number of benzene rings is 1. The molecule has 0 radical (unpaired) electrons. The average molecular weight is 479 g/mol. The molecule has 2 aliphatic carbocycles. The fourth-order valence-electron chi connectivity index (χ4n) is 5.76. The van der Waals surface area contributed by atoms with Crippen LogP contribution in [0.5, 0.6) is 5.75 Å². The van der Waals surface area contributed by atoms with Crippen LogP contribution in [0.25, 0.3) is 0 Å². The highest BCUT2D eigenvalue weighted by Gasteiger charge is 2.59. The molecule has 1 atom stereocenters. The van der Waals surface area contributed by atoms with Crippen LogP contribution in [0.15, 0.2) is 24.3 Å². The highest BCUT2D eigenvalue weighted by Crippen LogP contribution is 2.45. The summed E-state index contributed by atoms with van der Waals surface area (Å²) in [6.45, 7) is 2.24. The van der Waals surface area contributed by atoms with Crippen molar-refractivity contribution in [2.24, 2.45) is 17.8 Å². The Balaban J connectivity index is 1.45. The number of ether oxygens (including phenoxy) is 1. The molecule has 3 rings (SSSR count). The minimum atomic E-state index is -5.68. The van der Waals surface area contributed by atoms with Gasteiger partial charge in [0.05, 0.1) is 0 Å². The Kier molecular flexibility index (Phi) is 9.02. The Labute approximate surface area is 193 Å². The van der Waals surface area contributed by atoms with E-state index in [1.165, 1.54) is 63.5 Å². The lowest BCUT2D eigenvalue weighted by atomic mass is 9.68. The van der Waals surface area contributed by atoms with Crippen LogP contribution in [0.2, 0.25) is 0 Å². The van der Waals surface area contributed by atoms with E-state index in [1.807, 2.05) is 0 Å². The minimum Gasteiger partial charge on any atom is -0.430 e. The number of halogens is 6. The summed E-state index contributed by atoms with van der Waals surface area (Å²) in [6, 6.07) is 5.63. The maximum Gasteiger partial charge on any atom is 0.439 e. The summed E-state index contributed by atoms with van der Waals surface area (Å²) < 4.78 is 80.8. The second kappa shape index (κ2) is 11.4. The van der Waals surface area contributed by atoms with Gasteiger partial charge in [-0.3, -0.25) is 0 Å². The molecule has 1 aromatic rings. The van der Waals surface area contributed by atoms with Crippen LogP contribution in [-0.2, 0) is 0 Å². The Morgan fingerprint density at radius 2 is 1.36 bits per heavy atom. The Morgan fingerprint density at radius 1 is 0.818 bits per heavy atom. The third-order valence-electron chi connectivity index (χ3n) is 7.73. The molecular formula is C26H36F6O. The zero-order valence-corrected chi connectivity index (χ0v) is 19.4. The number of alkyl halides is 6. The first-order valence-corrected chi connectivity index (χ1v) is 12.5. The number of rotatable bonds is 9. The van der Waals surface area contributed by atoms with Crippen LogP contribution < -0.4 is 4.74 Å². The number of unbranched alkanes of at least 4 members (excludes halogenated alkanes) is 2. The summed E-state index contributed by atoms with van der Waals surface area (Å²) in [7, 11) is 0. The van der Waals surface area contributed by atoms with E-state index in [4.69, 9.17) is 0 Å². The van der Waals surface area contributed by atoms with Crippen molar-refractivity contribution >= 4 is 0 Å². The molecule has 0 aromatic heterocycles. The normalized spacial score (nSPS) is 27.8. The van der Waals surface area contributed by atoms with Gasteiger partial charge in [-0.05, 0) is 79.9 Å². The fourth-order valence-corrected chi connectivity index (χ4v) is 5.76. The van der Waals surface area contributed by atoms with E-state index in [-0.39, 0.29) is 0 Å². The largest absolute Gasteiger partial charge is 0.439 e. The maximum atomic E-state index is 13.5. The minimum absolute atomic E-state index is 0.310. The summed E-state index contributed by atoms with van der Waals surface area (Å²) in [4.78, 5) is 0. The van der Waals surface area contributed by atoms with Gasteiger partial charge >= 0.3 is 12.3 Å². The van der Waals surface area contributed by atoms with E-state index < -0.39 is 24.2 Å². The second-order valence-corrected chi connectivity index (χ2v) is 10.0. The second-order valence-electron chi connectivity index (χ2n) is 10.0. The van der Waals surface area contributed by atoms with Crippen LogP contribution in [0, 0.1) is 17.8 Å². The van der Waals surface area contributed by atoms with E-state index in [9.17, 15) is 26.3 Å². The van der Waals surface area contributed by atoms with Crippen molar-refractivity contribution in [1.82, 2.24) is 0 Å². The van der Waals surface area contributed by atoms with E-state index in [2.05, 4.69) is 11.7 Å². The fraction of sp³-hybridized carbons (Fsp3) is 0.769. The van der Waals surface area contributed by atoms with Gasteiger partial charge in [0.2, 0.25) is 0 Å². The first-order chi connectivity index (χ1) is 15.6. The summed E-state index contributed by atoms with van der Waals surface area (Å²) >= 11 is 0. The lowest BCUT2D eigenvalue weighted by Gasteiger charge is -2.38. The predicted molar refractivity (Wildman–Crippen MR) is 117 cm³/mol. The molecule has 188 valence electrons. The molecule has 0 saturated heterocycles. The average Bonchev–Trinajstić information content (AvgIpc) is 2.79. The SMILES string of the molecule is CCCCCC1CCC(C2CCC(c3ccc(OC(F)(F)C(F)C(F)(F)F)cc3)CC2)CC1. The topological polar surface area (TPSA) is 9.23 Å². The molecule has 7 heteroatoms. The third-order valence-corrected chi connectivity index (χ3v) is 7.73. The van der Waals surface area contributed by atoms with Gasteiger partial charge in [0.25, 0.3) is 6.17 Å². The molecule has 0 spiro atoms. The van der Waals surface area contributed by atoms with Crippen LogP contribution in [0.4, 0.5) is 26.3 Å². The molecule has 2 fully saturated rings. The number of hydrogen-bond donors (Lipinski definition) is 0. The van der Waals surface area contributed by atoms with E-state index in [0.29, 0.717) is 5.92 Å². The van der Waals surface area contributed by atoms with Gasteiger partial charge in [-0.2, -0.15) is 22.0 Å². The summed E-state index contributed by atoms with van der Waals surface area (Å²) in [5.41, 5.74) is 0.969. The van der Waals surface area contributed by atoms with Gasteiger partial charge in [-0.1, -0.05) is 57.6 Å². The third kappa shape index (κ3) is 7.29. The van der Waals surface area contributed by atoms with Crippen molar-refractivity contribution in [3.05, 3.63) is 29.8 Å². The van der Waals surface area contributed by atoms with Crippen LogP contribution >= 0.6 is 0 Å². The van der Waals surface area contributed by atoms with Gasteiger partial charge in [-0.25, -0.2) is 4.39 Å². The van der Waals surface area contributed by atoms with Gasteiger partial charge in [0, 0.05) is 0 Å². The molecule has 0 amide bonds. The first-order valence-electron chi connectivity index (χ1n) is 12.5. The molecule has 33 heavy (non-hydrogen) atoms. The quantitative estimate of drug-likeness (QED) is 0.254.